The average Bonchev–Trinajstić information content (AvgIpc) is 3.19. The second-order valence-corrected chi connectivity index (χ2v) is 7.86. The molecule has 2 unspecified atom stereocenters. The average molecular weight is 433 g/mol. The van der Waals surface area contributed by atoms with E-state index in [-0.39, 0.29) is 23.8 Å². The van der Waals surface area contributed by atoms with Crippen LogP contribution in [0.25, 0.3) is 0 Å². The van der Waals surface area contributed by atoms with Crippen molar-refractivity contribution in [1.82, 2.24) is 15.8 Å². The summed E-state index contributed by atoms with van der Waals surface area (Å²) in [5.41, 5.74) is 8.14. The summed E-state index contributed by atoms with van der Waals surface area (Å²) in [4.78, 5) is 16.7. The van der Waals surface area contributed by atoms with E-state index in [1.165, 1.54) is 6.07 Å². The van der Waals surface area contributed by atoms with Crippen LogP contribution in [0.2, 0.25) is 0 Å². The van der Waals surface area contributed by atoms with Gasteiger partial charge in [0.15, 0.2) is 0 Å². The van der Waals surface area contributed by atoms with Gasteiger partial charge in [-0.2, -0.15) is 0 Å². The molecule has 0 saturated carbocycles. The predicted octanol–water partition coefficient (Wildman–Crippen LogP) is 2.84. The van der Waals surface area contributed by atoms with E-state index in [1.54, 1.807) is 12.1 Å². The van der Waals surface area contributed by atoms with Gasteiger partial charge in [-0.15, -0.1) is 0 Å². The van der Waals surface area contributed by atoms with Crippen molar-refractivity contribution in [3.05, 3.63) is 64.4 Å². The number of hydrogen-bond donors (Lipinski definition) is 2. The van der Waals surface area contributed by atoms with Crippen LogP contribution in [0.15, 0.2) is 53.0 Å². The van der Waals surface area contributed by atoms with Crippen LogP contribution in [-0.4, -0.2) is 43.0 Å². The molecular formula is C20H22BrFN4O. The Bertz CT molecular complexity index is 808. The molecule has 4 rings (SSSR count). The van der Waals surface area contributed by atoms with E-state index in [9.17, 15) is 9.18 Å². The molecule has 5 nitrogen and oxygen atoms in total. The van der Waals surface area contributed by atoms with Gasteiger partial charge >= 0.3 is 0 Å². The van der Waals surface area contributed by atoms with Crippen LogP contribution in [-0.2, 0) is 4.79 Å². The topological polar surface area (TPSA) is 47.6 Å². The lowest BCUT2D eigenvalue weighted by Gasteiger charge is -2.37. The lowest BCUT2D eigenvalue weighted by Crippen LogP contribution is -2.53. The smallest absolute Gasteiger partial charge is 0.241 e. The van der Waals surface area contributed by atoms with E-state index < -0.39 is 0 Å². The van der Waals surface area contributed by atoms with Crippen molar-refractivity contribution in [3.8, 4) is 0 Å². The number of amides is 1. The van der Waals surface area contributed by atoms with Gasteiger partial charge < -0.3 is 9.80 Å². The van der Waals surface area contributed by atoms with Gasteiger partial charge in [-0.3, -0.25) is 4.79 Å². The Morgan fingerprint density at radius 3 is 2.41 bits per heavy atom. The fourth-order valence-electron chi connectivity index (χ4n) is 3.73. The van der Waals surface area contributed by atoms with Gasteiger partial charge in [0, 0.05) is 36.7 Å². The monoisotopic (exact) mass is 432 g/mol. The van der Waals surface area contributed by atoms with Crippen molar-refractivity contribution in [2.45, 2.75) is 18.5 Å². The molecule has 0 aromatic heterocycles. The summed E-state index contributed by atoms with van der Waals surface area (Å²) in [6.07, 6.45) is 0.716. The molecule has 142 valence electrons. The normalized spacial score (nSPS) is 22.9. The zero-order valence-electron chi connectivity index (χ0n) is 14.9. The van der Waals surface area contributed by atoms with E-state index in [0.717, 1.165) is 10.0 Å². The molecule has 2 aliphatic heterocycles. The highest BCUT2D eigenvalue weighted by molar-refractivity contribution is 9.10. The molecule has 0 bridgehead atoms. The minimum Gasteiger partial charge on any atom is -0.366 e. The Labute approximate surface area is 166 Å². The van der Waals surface area contributed by atoms with Crippen molar-refractivity contribution in [3.63, 3.8) is 0 Å². The number of nitrogens with zero attached hydrogens (tertiary/aromatic N) is 2. The fraction of sp³-hybridized carbons (Fsp3) is 0.350. The Morgan fingerprint density at radius 1 is 1.00 bits per heavy atom. The molecule has 2 aromatic carbocycles. The SMILES string of the molecule is O=C(C1CC(c2ccc(Br)cc2)NN1)N1CCN(c2ccccc2F)CC1. The first-order valence-corrected chi connectivity index (χ1v) is 9.96. The summed E-state index contributed by atoms with van der Waals surface area (Å²) >= 11 is 3.44. The fourth-order valence-corrected chi connectivity index (χ4v) is 3.99. The number of hydrogen-bond acceptors (Lipinski definition) is 4. The minimum absolute atomic E-state index is 0.107. The number of piperazine rings is 1. The number of hydrazine groups is 1. The number of para-hydroxylation sites is 1. The molecule has 2 saturated heterocycles. The maximum absolute atomic E-state index is 14.0. The van der Waals surface area contributed by atoms with Gasteiger partial charge in [0.2, 0.25) is 5.91 Å². The zero-order chi connectivity index (χ0) is 18.8. The number of halogens is 2. The lowest BCUT2D eigenvalue weighted by molar-refractivity contribution is -0.133. The number of carbonyl (C=O) groups excluding carboxylic acids is 1. The standard InChI is InChI=1S/C20H22BrFN4O/c21-15-7-5-14(6-8-15)17-13-18(24-23-17)20(27)26-11-9-25(10-12-26)19-4-2-1-3-16(19)22/h1-8,17-18,23-24H,9-13H2. The summed E-state index contributed by atoms with van der Waals surface area (Å²) in [7, 11) is 0. The largest absolute Gasteiger partial charge is 0.366 e. The maximum Gasteiger partial charge on any atom is 0.241 e. The summed E-state index contributed by atoms with van der Waals surface area (Å²) in [5, 5.41) is 0. The van der Waals surface area contributed by atoms with Crippen molar-refractivity contribution in [1.29, 1.82) is 0 Å². The second kappa shape index (κ2) is 7.96. The van der Waals surface area contributed by atoms with E-state index in [0.29, 0.717) is 38.3 Å². The highest BCUT2D eigenvalue weighted by Gasteiger charge is 2.34. The van der Waals surface area contributed by atoms with Crippen LogP contribution in [0.1, 0.15) is 18.0 Å². The molecular weight excluding hydrogens is 411 g/mol. The molecule has 0 aliphatic carbocycles. The van der Waals surface area contributed by atoms with Gasteiger partial charge in [-0.25, -0.2) is 15.2 Å². The number of carbonyl (C=O) groups is 1. The van der Waals surface area contributed by atoms with Crippen molar-refractivity contribution < 1.29 is 9.18 Å². The molecule has 1 amide bonds. The summed E-state index contributed by atoms with van der Waals surface area (Å²) in [6, 6.07) is 14.8. The van der Waals surface area contributed by atoms with Crippen molar-refractivity contribution in [2.24, 2.45) is 0 Å². The summed E-state index contributed by atoms with van der Waals surface area (Å²) in [5.74, 6) is -0.105. The van der Waals surface area contributed by atoms with Gasteiger partial charge in [-0.05, 0) is 36.2 Å². The van der Waals surface area contributed by atoms with Gasteiger partial charge in [0.05, 0.1) is 5.69 Å². The quantitative estimate of drug-likeness (QED) is 0.782. The summed E-state index contributed by atoms with van der Waals surface area (Å²) < 4.78 is 15.0. The summed E-state index contributed by atoms with van der Waals surface area (Å²) in [6.45, 7) is 2.49. The predicted molar refractivity (Wildman–Crippen MR) is 107 cm³/mol. The van der Waals surface area contributed by atoms with E-state index in [4.69, 9.17) is 0 Å². The van der Waals surface area contributed by atoms with Gasteiger partial charge in [-0.1, -0.05) is 40.2 Å². The zero-order valence-corrected chi connectivity index (χ0v) is 16.5. The Kier molecular flexibility index (Phi) is 5.43. The van der Waals surface area contributed by atoms with Crippen molar-refractivity contribution >= 4 is 27.5 Å². The van der Waals surface area contributed by atoms with Crippen molar-refractivity contribution in [2.75, 3.05) is 31.1 Å². The lowest BCUT2D eigenvalue weighted by atomic mass is 10.0. The molecule has 7 heteroatoms. The number of benzene rings is 2. The highest BCUT2D eigenvalue weighted by Crippen LogP contribution is 2.25. The molecule has 0 radical (unpaired) electrons. The second-order valence-electron chi connectivity index (χ2n) is 6.94. The van der Waals surface area contributed by atoms with E-state index in [2.05, 4.69) is 38.9 Å². The van der Waals surface area contributed by atoms with E-state index in [1.807, 2.05) is 28.0 Å². The molecule has 2 atom stereocenters. The minimum atomic E-state index is -0.237. The Hall–Kier alpha value is -1.96. The molecule has 27 heavy (non-hydrogen) atoms. The first-order valence-electron chi connectivity index (χ1n) is 9.16. The Morgan fingerprint density at radius 2 is 1.70 bits per heavy atom. The van der Waals surface area contributed by atoms with Crippen LogP contribution in [0, 0.1) is 5.82 Å². The van der Waals surface area contributed by atoms with Crippen LogP contribution < -0.4 is 15.8 Å². The number of nitrogens with one attached hydrogen (secondary N) is 2. The van der Waals surface area contributed by atoms with Crippen LogP contribution in [0.3, 0.4) is 0 Å². The Balaban J connectivity index is 1.33. The van der Waals surface area contributed by atoms with Crippen LogP contribution >= 0.6 is 15.9 Å². The molecule has 0 spiro atoms. The first kappa shape index (κ1) is 18.4. The molecule has 2 fully saturated rings. The number of rotatable bonds is 3. The van der Waals surface area contributed by atoms with Crippen LogP contribution in [0.4, 0.5) is 10.1 Å². The molecule has 2 N–H and O–H groups in total. The van der Waals surface area contributed by atoms with E-state index >= 15 is 0 Å². The molecule has 2 aliphatic rings. The first-order chi connectivity index (χ1) is 13.1. The van der Waals surface area contributed by atoms with Gasteiger partial charge in [0.1, 0.15) is 11.9 Å². The molecule has 2 aromatic rings. The maximum atomic E-state index is 14.0. The van der Waals surface area contributed by atoms with Crippen LogP contribution in [0.5, 0.6) is 0 Å². The third kappa shape index (κ3) is 4.00. The highest BCUT2D eigenvalue weighted by atomic mass is 79.9. The number of anilines is 1. The molecule has 2 heterocycles. The third-order valence-corrected chi connectivity index (χ3v) is 5.79. The third-order valence-electron chi connectivity index (χ3n) is 5.26. The van der Waals surface area contributed by atoms with Gasteiger partial charge in [0.25, 0.3) is 0 Å².